The molecule has 0 amide bonds. The minimum Gasteiger partial charge on any atom is -0.472 e. The zero-order valence-electron chi connectivity index (χ0n) is 13.5. The highest BCUT2D eigenvalue weighted by molar-refractivity contribution is 5.99. The average molecular weight is 321 g/mol. The Hall–Kier alpha value is -3.57. The Balaban J connectivity index is 1.87. The largest absolute Gasteiger partial charge is 0.472 e. The lowest BCUT2D eigenvalue weighted by Gasteiger charge is -2.08. The van der Waals surface area contributed by atoms with Crippen molar-refractivity contribution in [3.8, 4) is 17.2 Å². The molecule has 0 spiro atoms. The van der Waals surface area contributed by atoms with Crippen molar-refractivity contribution in [1.82, 2.24) is 0 Å². The molecule has 0 fully saturated rings. The molecule has 3 aromatic carbocycles. The van der Waals surface area contributed by atoms with Gasteiger partial charge in [0, 0.05) is 5.56 Å². The van der Waals surface area contributed by atoms with Crippen LogP contribution in [0.1, 0.15) is 16.7 Å². The highest BCUT2D eigenvalue weighted by Crippen LogP contribution is 2.32. The number of furan rings is 1. The van der Waals surface area contributed by atoms with Gasteiger partial charge in [-0.2, -0.15) is 5.26 Å². The maximum Gasteiger partial charge on any atom is 0.0991 e. The number of nitriles is 1. The zero-order chi connectivity index (χ0) is 17.1. The molecule has 0 radical (unpaired) electrons. The van der Waals surface area contributed by atoms with Gasteiger partial charge < -0.3 is 4.42 Å². The van der Waals surface area contributed by atoms with Gasteiger partial charge in [-0.3, -0.25) is 0 Å². The van der Waals surface area contributed by atoms with Crippen LogP contribution in [-0.2, 0) is 0 Å². The molecular weight excluding hydrogens is 306 g/mol. The van der Waals surface area contributed by atoms with E-state index in [9.17, 15) is 5.26 Å². The molecule has 118 valence electrons. The van der Waals surface area contributed by atoms with Gasteiger partial charge in [0.15, 0.2) is 0 Å². The van der Waals surface area contributed by atoms with Gasteiger partial charge in [0.05, 0.1) is 24.2 Å². The summed E-state index contributed by atoms with van der Waals surface area (Å²) in [5.74, 6) is 0. The first-order chi connectivity index (χ1) is 12.3. The monoisotopic (exact) mass is 321 g/mol. The normalized spacial score (nSPS) is 11.0. The summed E-state index contributed by atoms with van der Waals surface area (Å²) in [5.41, 5.74) is 5.00. The zero-order valence-corrected chi connectivity index (χ0v) is 13.5. The number of rotatable bonds is 3. The summed E-state index contributed by atoms with van der Waals surface area (Å²) in [6, 6.07) is 24.4. The van der Waals surface area contributed by atoms with Gasteiger partial charge in [0.1, 0.15) is 0 Å². The van der Waals surface area contributed by atoms with Gasteiger partial charge in [0.25, 0.3) is 0 Å². The Kier molecular flexibility index (Phi) is 3.90. The standard InChI is InChI=1S/C23H15NO/c24-15-19-8-9-20-12-18(7-6-17-4-2-1-3-5-17)13-23(22(20)14-19)21-10-11-25-16-21/h1-14,16H. The van der Waals surface area contributed by atoms with Crippen LogP contribution in [-0.4, -0.2) is 0 Å². The third kappa shape index (κ3) is 3.08. The Morgan fingerprint density at radius 3 is 2.44 bits per heavy atom. The second kappa shape index (κ2) is 6.51. The fourth-order valence-electron chi connectivity index (χ4n) is 2.96. The molecule has 0 aliphatic rings. The van der Waals surface area contributed by atoms with Crippen LogP contribution in [0.5, 0.6) is 0 Å². The third-order valence-electron chi connectivity index (χ3n) is 4.21. The van der Waals surface area contributed by atoms with Gasteiger partial charge in [-0.25, -0.2) is 0 Å². The first-order valence-electron chi connectivity index (χ1n) is 8.07. The van der Waals surface area contributed by atoms with Crippen LogP contribution in [0.2, 0.25) is 0 Å². The highest BCUT2D eigenvalue weighted by Gasteiger charge is 2.08. The van der Waals surface area contributed by atoms with E-state index in [0.29, 0.717) is 5.56 Å². The van der Waals surface area contributed by atoms with Gasteiger partial charge in [-0.1, -0.05) is 48.6 Å². The van der Waals surface area contributed by atoms with E-state index in [0.717, 1.165) is 33.0 Å². The molecule has 0 unspecified atom stereocenters. The lowest BCUT2D eigenvalue weighted by molar-refractivity contribution is 0.568. The van der Waals surface area contributed by atoms with E-state index < -0.39 is 0 Å². The predicted molar refractivity (Wildman–Crippen MR) is 102 cm³/mol. The van der Waals surface area contributed by atoms with Crippen molar-refractivity contribution >= 4 is 22.9 Å². The van der Waals surface area contributed by atoms with Crippen molar-refractivity contribution in [1.29, 1.82) is 5.26 Å². The smallest absolute Gasteiger partial charge is 0.0991 e. The van der Waals surface area contributed by atoms with Gasteiger partial charge >= 0.3 is 0 Å². The summed E-state index contributed by atoms with van der Waals surface area (Å²) in [6.45, 7) is 0. The van der Waals surface area contributed by atoms with Crippen molar-refractivity contribution in [2.24, 2.45) is 0 Å². The lowest BCUT2D eigenvalue weighted by Crippen LogP contribution is -1.85. The predicted octanol–water partition coefficient (Wildman–Crippen LogP) is 6.14. The van der Waals surface area contributed by atoms with Gasteiger partial charge in [-0.05, 0) is 57.8 Å². The Labute approximate surface area is 146 Å². The molecule has 0 atom stereocenters. The molecule has 2 nitrogen and oxygen atoms in total. The Morgan fingerprint density at radius 1 is 0.840 bits per heavy atom. The average Bonchev–Trinajstić information content (AvgIpc) is 3.20. The van der Waals surface area contributed by atoms with Crippen LogP contribution in [0, 0.1) is 11.3 Å². The minimum atomic E-state index is 0.657. The van der Waals surface area contributed by atoms with E-state index in [1.165, 1.54) is 0 Å². The molecule has 0 bridgehead atoms. The SMILES string of the molecule is N#Cc1ccc2cc(C=Cc3ccccc3)cc(-c3ccoc3)c2c1. The summed E-state index contributed by atoms with van der Waals surface area (Å²) >= 11 is 0. The van der Waals surface area contributed by atoms with Crippen molar-refractivity contribution in [2.45, 2.75) is 0 Å². The van der Waals surface area contributed by atoms with Crippen LogP contribution in [0.25, 0.3) is 34.1 Å². The number of benzene rings is 3. The van der Waals surface area contributed by atoms with E-state index in [1.807, 2.05) is 42.5 Å². The highest BCUT2D eigenvalue weighted by atomic mass is 16.3. The molecule has 4 aromatic rings. The summed E-state index contributed by atoms with van der Waals surface area (Å²) in [6.07, 6.45) is 7.61. The molecule has 0 saturated heterocycles. The van der Waals surface area contributed by atoms with Crippen molar-refractivity contribution in [2.75, 3.05) is 0 Å². The van der Waals surface area contributed by atoms with Gasteiger partial charge in [0.2, 0.25) is 0 Å². The second-order valence-corrected chi connectivity index (χ2v) is 5.87. The number of hydrogen-bond donors (Lipinski definition) is 0. The maximum atomic E-state index is 9.20. The van der Waals surface area contributed by atoms with Crippen LogP contribution in [0.15, 0.2) is 83.7 Å². The maximum absolute atomic E-state index is 9.20. The van der Waals surface area contributed by atoms with Crippen LogP contribution in [0.4, 0.5) is 0 Å². The molecule has 2 heteroatoms. The lowest BCUT2D eigenvalue weighted by atomic mass is 9.95. The van der Waals surface area contributed by atoms with E-state index in [4.69, 9.17) is 4.42 Å². The first-order valence-corrected chi connectivity index (χ1v) is 8.07. The van der Waals surface area contributed by atoms with E-state index >= 15 is 0 Å². The summed E-state index contributed by atoms with van der Waals surface area (Å²) in [5, 5.41) is 11.4. The fraction of sp³-hybridized carbons (Fsp3) is 0. The van der Waals surface area contributed by atoms with Crippen LogP contribution >= 0.6 is 0 Å². The summed E-state index contributed by atoms with van der Waals surface area (Å²) in [7, 11) is 0. The fourth-order valence-corrected chi connectivity index (χ4v) is 2.96. The topological polar surface area (TPSA) is 36.9 Å². The van der Waals surface area contributed by atoms with E-state index in [-0.39, 0.29) is 0 Å². The van der Waals surface area contributed by atoms with Crippen molar-refractivity contribution in [3.05, 3.63) is 95.9 Å². The molecular formula is C23H15NO. The van der Waals surface area contributed by atoms with E-state index in [1.54, 1.807) is 12.5 Å². The molecule has 0 aliphatic heterocycles. The molecule has 4 rings (SSSR count). The quantitative estimate of drug-likeness (QED) is 0.425. The summed E-state index contributed by atoms with van der Waals surface area (Å²) in [4.78, 5) is 0. The van der Waals surface area contributed by atoms with E-state index in [2.05, 4.69) is 42.5 Å². The second-order valence-electron chi connectivity index (χ2n) is 5.87. The van der Waals surface area contributed by atoms with Crippen LogP contribution < -0.4 is 0 Å². The van der Waals surface area contributed by atoms with Crippen LogP contribution in [0.3, 0.4) is 0 Å². The number of fused-ring (bicyclic) bond motifs is 1. The molecule has 0 N–H and O–H groups in total. The summed E-state index contributed by atoms with van der Waals surface area (Å²) < 4.78 is 5.26. The molecule has 1 heterocycles. The Morgan fingerprint density at radius 2 is 1.68 bits per heavy atom. The van der Waals surface area contributed by atoms with Gasteiger partial charge in [-0.15, -0.1) is 0 Å². The minimum absolute atomic E-state index is 0.657. The Bertz CT molecular complexity index is 1080. The molecule has 1 aromatic heterocycles. The third-order valence-corrected chi connectivity index (χ3v) is 4.21. The molecule has 25 heavy (non-hydrogen) atoms. The van der Waals surface area contributed by atoms with Crippen molar-refractivity contribution in [3.63, 3.8) is 0 Å². The molecule has 0 saturated carbocycles. The first kappa shape index (κ1) is 15.0. The van der Waals surface area contributed by atoms with Crippen molar-refractivity contribution < 1.29 is 4.42 Å². The number of hydrogen-bond acceptors (Lipinski definition) is 2. The molecule has 0 aliphatic carbocycles. The number of nitrogens with zero attached hydrogens (tertiary/aromatic N) is 1.